The maximum atomic E-state index is 11.2. The first-order chi connectivity index (χ1) is 19.0. The van der Waals surface area contributed by atoms with Crippen LogP contribution in [0.1, 0.15) is 27.6 Å². The fourth-order valence-corrected chi connectivity index (χ4v) is 3.72. The van der Waals surface area contributed by atoms with Gasteiger partial charge in [-0.2, -0.15) is 6.61 Å². The zero-order valence-corrected chi connectivity index (χ0v) is 25.8. The van der Waals surface area contributed by atoms with Crippen molar-refractivity contribution >= 4 is 12.4 Å². The van der Waals surface area contributed by atoms with Gasteiger partial charge in [-0.3, -0.25) is 19.6 Å². The number of hydrogen-bond donors (Lipinski definition) is 2. The number of hydrogen-bond acceptors (Lipinski definition) is 10. The number of pyridine rings is 2. The van der Waals surface area contributed by atoms with Crippen molar-refractivity contribution in [3.05, 3.63) is 65.8 Å². The third-order valence-corrected chi connectivity index (χ3v) is 5.60. The Kier molecular flexibility index (Phi) is 20.0. The van der Waals surface area contributed by atoms with Gasteiger partial charge in [-0.1, -0.05) is 18.7 Å². The molecule has 0 amide bonds. The van der Waals surface area contributed by atoms with Crippen molar-refractivity contribution in [1.82, 2.24) is 19.8 Å². The molecule has 0 aromatic carbocycles. The van der Waals surface area contributed by atoms with Gasteiger partial charge < -0.3 is 29.2 Å². The summed E-state index contributed by atoms with van der Waals surface area (Å²) in [5, 5.41) is 16.1. The Morgan fingerprint density at radius 3 is 1.98 bits per heavy atom. The third-order valence-electron chi connectivity index (χ3n) is 5.60. The van der Waals surface area contributed by atoms with E-state index < -0.39 is 5.97 Å². The van der Waals surface area contributed by atoms with E-state index in [1.807, 2.05) is 31.2 Å². The van der Waals surface area contributed by atoms with Crippen molar-refractivity contribution in [1.29, 1.82) is 0 Å². The van der Waals surface area contributed by atoms with Crippen molar-refractivity contribution in [2.75, 3.05) is 72.4 Å². The van der Waals surface area contributed by atoms with Gasteiger partial charge in [-0.15, -0.1) is 0 Å². The molecular formula is C27H39N4O8W-. The SMILES string of the molecule is Cc1cccc(CN2CCO[CH-]COCCN(Cc3cccc(C(=O)O)n3)CCOCCOCC2)n1.O=CO.[W]. The minimum Gasteiger partial charge on any atom is -0.549 e. The molecule has 0 radical (unpaired) electrons. The van der Waals surface area contributed by atoms with Gasteiger partial charge in [0, 0.05) is 72.6 Å². The molecule has 0 bridgehead atoms. The summed E-state index contributed by atoms with van der Waals surface area (Å²) in [5.41, 5.74) is 2.77. The molecule has 1 fully saturated rings. The summed E-state index contributed by atoms with van der Waals surface area (Å²) in [5.74, 6) is -1.03. The molecule has 12 nitrogen and oxygen atoms in total. The molecule has 0 spiro atoms. The second kappa shape index (κ2) is 22.4. The predicted molar refractivity (Wildman–Crippen MR) is 142 cm³/mol. The first-order valence-corrected chi connectivity index (χ1v) is 12.8. The van der Waals surface area contributed by atoms with Crippen LogP contribution in [-0.4, -0.2) is 115 Å². The standard InChI is InChI=1S/C26H37N4O6.CH2O2.W/c1-22-4-2-5-23(27-22)20-29-8-12-33-16-18-35-14-10-30(11-15-36-19-17-34-13-9-29)21-24-6-3-7-25(28-24)26(31)32;2-1-3;/h2-7,16H,8-15,17-21H2,1H3,(H,31,32);1H,(H,2,3);/q-1;;. The molecule has 0 atom stereocenters. The summed E-state index contributed by atoms with van der Waals surface area (Å²) >= 11 is 0. The van der Waals surface area contributed by atoms with Gasteiger partial charge in [0.1, 0.15) is 5.69 Å². The number of aromatic carboxylic acids is 1. The van der Waals surface area contributed by atoms with Gasteiger partial charge >= 0.3 is 5.97 Å². The van der Waals surface area contributed by atoms with E-state index in [1.165, 1.54) is 6.07 Å². The quantitative estimate of drug-likeness (QED) is 0.342. The summed E-state index contributed by atoms with van der Waals surface area (Å²) in [7, 11) is 0. The number of carboxylic acids is 1. The van der Waals surface area contributed by atoms with E-state index in [1.54, 1.807) is 12.7 Å². The molecule has 0 unspecified atom stereocenters. The van der Waals surface area contributed by atoms with Crippen molar-refractivity contribution in [2.45, 2.75) is 20.0 Å². The monoisotopic (exact) mass is 731 g/mol. The van der Waals surface area contributed by atoms with Crippen LogP contribution in [0.5, 0.6) is 0 Å². The van der Waals surface area contributed by atoms with Crippen LogP contribution in [0.3, 0.4) is 0 Å². The van der Waals surface area contributed by atoms with Crippen LogP contribution in [-0.2, 0) is 57.9 Å². The molecule has 3 rings (SSSR count). The molecule has 13 heteroatoms. The molecule has 1 aliphatic rings. The predicted octanol–water partition coefficient (Wildman–Crippen LogP) is 1.73. The van der Waals surface area contributed by atoms with Crippen molar-refractivity contribution in [3.63, 3.8) is 0 Å². The van der Waals surface area contributed by atoms with Crippen LogP contribution in [0.4, 0.5) is 0 Å². The summed E-state index contributed by atoms with van der Waals surface area (Å²) in [6.07, 6.45) is 0. The molecular weight excluding hydrogens is 692 g/mol. The number of aromatic nitrogens is 2. The number of rotatable bonds is 5. The van der Waals surface area contributed by atoms with Crippen molar-refractivity contribution < 1.29 is 59.8 Å². The van der Waals surface area contributed by atoms with Crippen LogP contribution in [0.25, 0.3) is 0 Å². The number of carboxylic acid groups (broad SMARTS) is 2. The minimum absolute atomic E-state index is 0. The van der Waals surface area contributed by atoms with Gasteiger partial charge in [0.25, 0.3) is 6.47 Å². The van der Waals surface area contributed by atoms with Crippen LogP contribution >= 0.6 is 0 Å². The maximum absolute atomic E-state index is 11.2. The molecule has 1 saturated heterocycles. The molecule has 3 heterocycles. The largest absolute Gasteiger partial charge is 0.549 e. The maximum Gasteiger partial charge on any atom is 0.354 e. The topological polar surface area (TPSA) is 144 Å². The smallest absolute Gasteiger partial charge is 0.354 e. The minimum atomic E-state index is -1.03. The Hall–Kier alpha value is -2.31. The Bertz CT molecular complexity index is 952. The van der Waals surface area contributed by atoms with Gasteiger partial charge in [0.15, 0.2) is 0 Å². The normalized spacial score (nSPS) is 17.2. The molecule has 222 valence electrons. The Balaban J connectivity index is 0.00000191. The fraction of sp³-hybridized carbons (Fsp3) is 0.519. The summed E-state index contributed by atoms with van der Waals surface area (Å²) in [6, 6.07) is 11.1. The molecule has 0 saturated carbocycles. The van der Waals surface area contributed by atoms with Crippen LogP contribution in [0.15, 0.2) is 36.4 Å². The number of nitrogens with zero attached hydrogens (tertiary/aromatic N) is 4. The second-order valence-electron chi connectivity index (χ2n) is 8.58. The van der Waals surface area contributed by atoms with E-state index in [4.69, 9.17) is 28.8 Å². The van der Waals surface area contributed by atoms with E-state index in [9.17, 15) is 9.90 Å². The van der Waals surface area contributed by atoms with Crippen molar-refractivity contribution in [3.8, 4) is 0 Å². The first-order valence-electron chi connectivity index (χ1n) is 12.8. The van der Waals surface area contributed by atoms with E-state index in [-0.39, 0.29) is 33.2 Å². The molecule has 1 aliphatic heterocycles. The summed E-state index contributed by atoms with van der Waals surface area (Å²) in [4.78, 5) is 32.8. The van der Waals surface area contributed by atoms with E-state index >= 15 is 0 Å². The van der Waals surface area contributed by atoms with Gasteiger partial charge in [0.2, 0.25) is 0 Å². The molecule has 40 heavy (non-hydrogen) atoms. The van der Waals surface area contributed by atoms with E-state index in [0.29, 0.717) is 71.6 Å². The van der Waals surface area contributed by atoms with E-state index in [0.717, 1.165) is 31.0 Å². The number of carbonyl (C=O) groups is 2. The van der Waals surface area contributed by atoms with Gasteiger partial charge in [0.05, 0.1) is 44.4 Å². The van der Waals surface area contributed by atoms with Crippen LogP contribution < -0.4 is 0 Å². The van der Waals surface area contributed by atoms with Crippen molar-refractivity contribution in [2.24, 2.45) is 0 Å². The average molecular weight is 731 g/mol. The molecule has 0 aliphatic carbocycles. The second-order valence-corrected chi connectivity index (χ2v) is 8.58. The zero-order valence-electron chi connectivity index (χ0n) is 22.9. The van der Waals surface area contributed by atoms with Gasteiger partial charge in [-0.05, 0) is 31.2 Å². The fourth-order valence-electron chi connectivity index (χ4n) is 3.72. The molecule has 2 aromatic heterocycles. The third kappa shape index (κ3) is 16.1. The number of aryl methyl sites for hydroxylation is 1. The van der Waals surface area contributed by atoms with Crippen LogP contribution in [0.2, 0.25) is 0 Å². The van der Waals surface area contributed by atoms with Crippen LogP contribution in [0, 0.1) is 13.5 Å². The van der Waals surface area contributed by atoms with Gasteiger partial charge in [-0.25, -0.2) is 9.78 Å². The summed E-state index contributed by atoms with van der Waals surface area (Å²) < 4.78 is 23.0. The zero-order chi connectivity index (χ0) is 28.1. The molecule has 2 N–H and O–H groups in total. The average Bonchev–Trinajstić information content (AvgIpc) is 2.91. The Morgan fingerprint density at radius 2 is 1.40 bits per heavy atom. The van der Waals surface area contributed by atoms with E-state index in [2.05, 4.69) is 19.8 Å². The first kappa shape index (κ1) is 35.7. The Labute approximate surface area is 249 Å². The molecule has 2 aromatic rings. The summed E-state index contributed by atoms with van der Waals surface area (Å²) in [6.45, 7) is 11.1. The number of ether oxygens (including phenoxy) is 4. The Morgan fingerprint density at radius 1 is 0.875 bits per heavy atom.